The predicted molar refractivity (Wildman–Crippen MR) is 122 cm³/mol. The fourth-order valence-corrected chi connectivity index (χ4v) is 4.20. The number of aromatic nitrogens is 3. The van der Waals surface area contributed by atoms with E-state index in [9.17, 15) is 20.1 Å². The highest BCUT2D eigenvalue weighted by molar-refractivity contribution is 5.67. The van der Waals surface area contributed by atoms with Crippen LogP contribution in [0.15, 0.2) is 41.2 Å². The van der Waals surface area contributed by atoms with Gasteiger partial charge >= 0.3 is 5.69 Å². The van der Waals surface area contributed by atoms with Crippen LogP contribution in [0.4, 0.5) is 0 Å². The van der Waals surface area contributed by atoms with Crippen molar-refractivity contribution in [1.29, 1.82) is 0 Å². The van der Waals surface area contributed by atoms with Crippen LogP contribution in [0.3, 0.4) is 0 Å². The lowest BCUT2D eigenvalue weighted by atomic mass is 9.98. The first-order valence-corrected chi connectivity index (χ1v) is 11.0. The van der Waals surface area contributed by atoms with E-state index in [1.54, 1.807) is 6.07 Å². The molecular formula is C24H30N4O4. The molecule has 2 heterocycles. The summed E-state index contributed by atoms with van der Waals surface area (Å²) in [5.74, 6) is 0.259. The van der Waals surface area contributed by atoms with Gasteiger partial charge in [0, 0.05) is 25.7 Å². The van der Waals surface area contributed by atoms with Gasteiger partial charge in [-0.2, -0.15) is 5.10 Å². The summed E-state index contributed by atoms with van der Waals surface area (Å²) in [6.07, 6.45) is 1.55. The monoisotopic (exact) mass is 438 g/mol. The Morgan fingerprint density at radius 3 is 2.50 bits per heavy atom. The molecule has 0 saturated carbocycles. The SMILES string of the molecule is CC(C)c1cc(-c2n[nH]c(=O)n2Cc2ccc(CCN3CC[C@H](O)C3)cc2)c(O)cc1O. The summed E-state index contributed by atoms with van der Waals surface area (Å²) in [5, 5.41) is 36.8. The van der Waals surface area contributed by atoms with Crippen LogP contribution in [0.25, 0.3) is 11.4 Å². The van der Waals surface area contributed by atoms with Gasteiger partial charge in [-0.3, -0.25) is 4.57 Å². The highest BCUT2D eigenvalue weighted by atomic mass is 16.3. The number of nitrogens with zero attached hydrogens (tertiary/aromatic N) is 3. The molecule has 170 valence electrons. The van der Waals surface area contributed by atoms with E-state index in [1.807, 2.05) is 26.0 Å². The summed E-state index contributed by atoms with van der Waals surface area (Å²) in [7, 11) is 0. The number of β-amino-alcohol motifs (C(OH)–C–C–N with tert-alkyl or cyclic N) is 1. The molecule has 0 spiro atoms. The highest BCUT2D eigenvalue weighted by Gasteiger charge is 2.20. The molecule has 1 atom stereocenters. The van der Waals surface area contributed by atoms with Crippen LogP contribution < -0.4 is 5.69 Å². The molecule has 8 nitrogen and oxygen atoms in total. The highest BCUT2D eigenvalue weighted by Crippen LogP contribution is 2.36. The van der Waals surface area contributed by atoms with Crippen LogP contribution in [-0.2, 0) is 13.0 Å². The summed E-state index contributed by atoms with van der Waals surface area (Å²) >= 11 is 0. The Hall–Kier alpha value is -3.10. The molecule has 1 saturated heterocycles. The van der Waals surface area contributed by atoms with Crippen molar-refractivity contribution in [1.82, 2.24) is 19.7 Å². The van der Waals surface area contributed by atoms with Crippen LogP contribution in [0, 0.1) is 0 Å². The predicted octanol–water partition coefficient (Wildman–Crippen LogP) is 2.43. The molecule has 8 heteroatoms. The average molecular weight is 439 g/mol. The smallest absolute Gasteiger partial charge is 0.343 e. The van der Waals surface area contributed by atoms with Gasteiger partial charge in [0.15, 0.2) is 5.82 Å². The van der Waals surface area contributed by atoms with E-state index in [-0.39, 0.29) is 29.2 Å². The first kappa shape index (κ1) is 22.1. The largest absolute Gasteiger partial charge is 0.508 e. The third-order valence-electron chi connectivity index (χ3n) is 6.09. The van der Waals surface area contributed by atoms with Crippen LogP contribution in [0.5, 0.6) is 11.5 Å². The minimum atomic E-state index is -0.366. The lowest BCUT2D eigenvalue weighted by Crippen LogP contribution is -2.24. The Morgan fingerprint density at radius 2 is 1.84 bits per heavy atom. The second kappa shape index (κ2) is 9.18. The number of phenols is 2. The molecule has 32 heavy (non-hydrogen) atoms. The maximum absolute atomic E-state index is 12.4. The van der Waals surface area contributed by atoms with E-state index in [0.29, 0.717) is 23.5 Å². The van der Waals surface area contributed by atoms with Crippen molar-refractivity contribution in [3.8, 4) is 22.9 Å². The van der Waals surface area contributed by atoms with Crippen molar-refractivity contribution in [2.75, 3.05) is 19.6 Å². The number of rotatable bonds is 7. The van der Waals surface area contributed by atoms with Gasteiger partial charge in [0.05, 0.1) is 18.2 Å². The Morgan fingerprint density at radius 1 is 1.12 bits per heavy atom. The number of nitrogens with one attached hydrogen (secondary N) is 1. The maximum Gasteiger partial charge on any atom is 0.343 e. The molecule has 0 aliphatic carbocycles. The lowest BCUT2D eigenvalue weighted by Gasteiger charge is -2.15. The van der Waals surface area contributed by atoms with Crippen molar-refractivity contribution >= 4 is 0 Å². The molecule has 1 aliphatic heterocycles. The number of phenolic OH excluding ortho intramolecular Hbond substituents is 2. The minimum Gasteiger partial charge on any atom is -0.508 e. The number of hydrogen-bond acceptors (Lipinski definition) is 6. The van der Waals surface area contributed by atoms with Gasteiger partial charge in [0.25, 0.3) is 0 Å². The zero-order chi connectivity index (χ0) is 22.8. The molecule has 1 aliphatic rings. The minimum absolute atomic E-state index is 0.0183. The van der Waals surface area contributed by atoms with Gasteiger partial charge in [-0.25, -0.2) is 9.89 Å². The number of aliphatic hydroxyl groups excluding tert-OH is 1. The number of H-pyrrole nitrogens is 1. The van der Waals surface area contributed by atoms with Crippen molar-refractivity contribution in [2.45, 2.75) is 45.3 Å². The Kier molecular flexibility index (Phi) is 6.34. The van der Waals surface area contributed by atoms with E-state index < -0.39 is 0 Å². The molecule has 1 aromatic heterocycles. The maximum atomic E-state index is 12.4. The number of aliphatic hydroxyl groups is 1. The molecule has 0 bridgehead atoms. The number of hydrogen-bond donors (Lipinski definition) is 4. The van der Waals surface area contributed by atoms with Crippen LogP contribution in [0.1, 0.15) is 42.9 Å². The fourth-order valence-electron chi connectivity index (χ4n) is 4.20. The first-order chi connectivity index (χ1) is 15.3. The summed E-state index contributed by atoms with van der Waals surface area (Å²) in [4.78, 5) is 14.7. The van der Waals surface area contributed by atoms with E-state index in [0.717, 1.165) is 38.0 Å². The second-order valence-electron chi connectivity index (χ2n) is 8.83. The van der Waals surface area contributed by atoms with Crippen molar-refractivity contribution in [2.24, 2.45) is 0 Å². The Balaban J connectivity index is 1.52. The van der Waals surface area contributed by atoms with Crippen molar-refractivity contribution < 1.29 is 15.3 Å². The molecular weight excluding hydrogens is 408 g/mol. The van der Waals surface area contributed by atoms with Gasteiger partial charge in [-0.1, -0.05) is 38.1 Å². The Bertz CT molecular complexity index is 1130. The molecule has 0 radical (unpaired) electrons. The molecule has 4 rings (SSSR count). The van der Waals surface area contributed by atoms with Gasteiger partial charge in [-0.05, 0) is 41.5 Å². The average Bonchev–Trinajstić information content (AvgIpc) is 3.33. The van der Waals surface area contributed by atoms with Crippen LogP contribution in [0.2, 0.25) is 0 Å². The van der Waals surface area contributed by atoms with Gasteiger partial charge < -0.3 is 20.2 Å². The van der Waals surface area contributed by atoms with Crippen molar-refractivity contribution in [3.05, 3.63) is 63.6 Å². The quantitative estimate of drug-likeness (QED) is 0.450. The molecule has 4 N–H and O–H groups in total. The molecule has 3 aromatic rings. The fraction of sp³-hybridized carbons (Fsp3) is 0.417. The Labute approximate surface area is 186 Å². The van der Waals surface area contributed by atoms with Crippen LogP contribution in [-0.4, -0.2) is 60.7 Å². The number of likely N-dealkylation sites (tertiary alicyclic amines) is 1. The standard InChI is InChI=1S/C24H30N4O4/c1-15(2)19-11-20(22(31)12-21(19)30)23-25-26-24(32)28(23)13-17-5-3-16(4-6-17)7-9-27-10-8-18(29)14-27/h3-6,11-12,15,18,29-31H,7-10,13-14H2,1-2H3,(H,26,32)/t18-/m0/s1. The number of aromatic hydroxyl groups is 2. The van der Waals surface area contributed by atoms with Crippen molar-refractivity contribution in [3.63, 3.8) is 0 Å². The summed E-state index contributed by atoms with van der Waals surface area (Å²) < 4.78 is 1.48. The zero-order valence-corrected chi connectivity index (χ0v) is 18.5. The molecule has 1 fully saturated rings. The zero-order valence-electron chi connectivity index (χ0n) is 18.5. The van der Waals surface area contributed by atoms with E-state index in [4.69, 9.17) is 0 Å². The summed E-state index contributed by atoms with van der Waals surface area (Å²) in [5.41, 5.74) is 2.85. The van der Waals surface area contributed by atoms with E-state index >= 15 is 0 Å². The second-order valence-corrected chi connectivity index (χ2v) is 8.83. The van der Waals surface area contributed by atoms with E-state index in [1.165, 1.54) is 16.2 Å². The first-order valence-electron chi connectivity index (χ1n) is 11.0. The van der Waals surface area contributed by atoms with Gasteiger partial charge in [-0.15, -0.1) is 0 Å². The lowest BCUT2D eigenvalue weighted by molar-refractivity contribution is 0.177. The van der Waals surface area contributed by atoms with Gasteiger partial charge in [0.2, 0.25) is 0 Å². The summed E-state index contributed by atoms with van der Waals surface area (Å²) in [6, 6.07) is 11.1. The molecule has 2 aromatic carbocycles. The normalized spacial score (nSPS) is 16.8. The third-order valence-corrected chi connectivity index (χ3v) is 6.09. The number of benzene rings is 2. The topological polar surface area (TPSA) is 115 Å². The molecule has 0 amide bonds. The van der Waals surface area contributed by atoms with E-state index in [2.05, 4.69) is 27.2 Å². The molecule has 0 unspecified atom stereocenters. The van der Waals surface area contributed by atoms with Gasteiger partial charge in [0.1, 0.15) is 11.5 Å². The van der Waals surface area contributed by atoms with Crippen LogP contribution >= 0.6 is 0 Å². The third kappa shape index (κ3) is 4.71. The number of aromatic amines is 1. The summed E-state index contributed by atoms with van der Waals surface area (Å²) in [6.45, 7) is 6.80.